The minimum atomic E-state index is 0. The number of halogens is 1. The molecule has 2 N–H and O–H groups in total. The highest BCUT2D eigenvalue weighted by atomic mass is 127. The van der Waals surface area contributed by atoms with Crippen LogP contribution in [0.4, 0.5) is 0 Å². The van der Waals surface area contributed by atoms with E-state index >= 15 is 0 Å². The highest BCUT2D eigenvalue weighted by Gasteiger charge is 2.06. The van der Waals surface area contributed by atoms with E-state index in [0.29, 0.717) is 12.5 Å². The number of hydrogen-bond acceptors (Lipinski definition) is 5. The van der Waals surface area contributed by atoms with Crippen LogP contribution in [0.5, 0.6) is 0 Å². The third kappa shape index (κ3) is 6.00. The molecule has 134 valence electrons. The Morgan fingerprint density at radius 2 is 2.17 bits per heavy atom. The highest BCUT2D eigenvalue weighted by molar-refractivity contribution is 14.0. The summed E-state index contributed by atoms with van der Waals surface area (Å²) in [7, 11) is 1.77. The molecule has 2 heterocycles. The molecule has 0 aliphatic carbocycles. The zero-order valence-corrected chi connectivity index (χ0v) is 17.8. The van der Waals surface area contributed by atoms with Gasteiger partial charge in [0.1, 0.15) is 12.2 Å². The van der Waals surface area contributed by atoms with Crippen molar-refractivity contribution in [2.75, 3.05) is 13.6 Å². The molecule has 24 heavy (non-hydrogen) atoms. The number of thiazole rings is 1. The van der Waals surface area contributed by atoms with Crippen molar-refractivity contribution in [3.63, 3.8) is 0 Å². The van der Waals surface area contributed by atoms with Gasteiger partial charge in [-0.05, 0) is 0 Å². The van der Waals surface area contributed by atoms with Gasteiger partial charge < -0.3 is 15.2 Å². The van der Waals surface area contributed by atoms with Gasteiger partial charge >= 0.3 is 0 Å². The Bertz CT molecular complexity index is 635. The van der Waals surface area contributed by atoms with E-state index < -0.39 is 0 Å². The van der Waals surface area contributed by atoms with Crippen LogP contribution in [0.15, 0.2) is 16.7 Å². The number of nitrogens with one attached hydrogen (secondary N) is 2. The van der Waals surface area contributed by atoms with Gasteiger partial charge in [-0.2, -0.15) is 0 Å². The van der Waals surface area contributed by atoms with Crippen LogP contribution in [0.3, 0.4) is 0 Å². The Labute approximate surface area is 164 Å². The number of nitrogens with zero attached hydrogens (tertiary/aromatic N) is 5. The van der Waals surface area contributed by atoms with Gasteiger partial charge in [0, 0.05) is 37.9 Å². The molecule has 0 aliphatic heterocycles. The lowest BCUT2D eigenvalue weighted by Crippen LogP contribution is -2.38. The number of aryl methyl sites for hydroxylation is 1. The Kier molecular flexibility index (Phi) is 9.19. The van der Waals surface area contributed by atoms with Crippen LogP contribution in [0.2, 0.25) is 0 Å². The largest absolute Gasteiger partial charge is 0.355 e. The molecule has 0 saturated heterocycles. The second-order valence-electron chi connectivity index (χ2n) is 5.48. The first kappa shape index (κ1) is 20.8. The monoisotopic (exact) mass is 463 g/mol. The lowest BCUT2D eigenvalue weighted by Gasteiger charge is -2.12. The van der Waals surface area contributed by atoms with E-state index in [-0.39, 0.29) is 24.0 Å². The summed E-state index contributed by atoms with van der Waals surface area (Å²) in [4.78, 5) is 8.85. The maximum atomic E-state index is 4.61. The molecule has 7 nitrogen and oxygen atoms in total. The lowest BCUT2D eigenvalue weighted by atomic mass is 10.2. The minimum absolute atomic E-state index is 0. The number of rotatable bonds is 7. The van der Waals surface area contributed by atoms with Crippen LogP contribution in [0.1, 0.15) is 43.2 Å². The number of hydrogen-bond donors (Lipinski definition) is 2. The zero-order valence-electron chi connectivity index (χ0n) is 14.6. The standard InChI is InChI=1S/C15H25N7S.HI/c1-5-13-21-19-10-22(13)7-6-17-15(16-4)18-8-12-9-23-14(20-12)11(2)3;/h9-11H,5-8H2,1-4H3,(H2,16,17,18);1H. The van der Waals surface area contributed by atoms with E-state index in [9.17, 15) is 0 Å². The van der Waals surface area contributed by atoms with Gasteiger partial charge in [-0.1, -0.05) is 20.8 Å². The van der Waals surface area contributed by atoms with Crippen LogP contribution < -0.4 is 10.6 Å². The fraction of sp³-hybridized carbons (Fsp3) is 0.600. The molecule has 0 bridgehead atoms. The van der Waals surface area contributed by atoms with Crippen molar-refractivity contribution >= 4 is 41.3 Å². The molecule has 0 aromatic carbocycles. The summed E-state index contributed by atoms with van der Waals surface area (Å²) < 4.78 is 2.05. The molecule has 9 heteroatoms. The van der Waals surface area contributed by atoms with E-state index in [0.717, 1.165) is 37.0 Å². The van der Waals surface area contributed by atoms with E-state index in [1.165, 1.54) is 5.01 Å². The normalized spacial score (nSPS) is 11.5. The fourth-order valence-electron chi connectivity index (χ4n) is 2.10. The van der Waals surface area contributed by atoms with Crippen molar-refractivity contribution < 1.29 is 0 Å². The van der Waals surface area contributed by atoms with Gasteiger partial charge in [0.05, 0.1) is 17.2 Å². The summed E-state index contributed by atoms with van der Waals surface area (Å²) in [5.41, 5.74) is 1.05. The topological polar surface area (TPSA) is 80.0 Å². The molecule has 0 radical (unpaired) electrons. The zero-order chi connectivity index (χ0) is 16.7. The molecule has 0 aliphatic rings. The quantitative estimate of drug-likeness (QED) is 0.375. The predicted octanol–water partition coefficient (Wildman–Crippen LogP) is 2.40. The Morgan fingerprint density at radius 1 is 1.38 bits per heavy atom. The molecular weight excluding hydrogens is 437 g/mol. The lowest BCUT2D eigenvalue weighted by molar-refractivity contribution is 0.632. The van der Waals surface area contributed by atoms with Gasteiger partial charge in [0.25, 0.3) is 0 Å². The van der Waals surface area contributed by atoms with Crippen molar-refractivity contribution in [1.29, 1.82) is 0 Å². The molecule has 0 unspecified atom stereocenters. The van der Waals surface area contributed by atoms with Crippen molar-refractivity contribution in [3.8, 4) is 0 Å². The van der Waals surface area contributed by atoms with Gasteiger partial charge in [-0.3, -0.25) is 4.99 Å². The summed E-state index contributed by atoms with van der Waals surface area (Å²) in [6.45, 7) is 8.64. The summed E-state index contributed by atoms with van der Waals surface area (Å²) in [5.74, 6) is 2.25. The van der Waals surface area contributed by atoms with Crippen molar-refractivity contribution in [3.05, 3.63) is 28.2 Å². The van der Waals surface area contributed by atoms with Crippen molar-refractivity contribution in [1.82, 2.24) is 30.4 Å². The van der Waals surface area contributed by atoms with Crippen LogP contribution in [0, 0.1) is 0 Å². The third-order valence-corrected chi connectivity index (χ3v) is 4.58. The maximum absolute atomic E-state index is 4.61. The summed E-state index contributed by atoms with van der Waals surface area (Å²) in [5, 5.41) is 17.9. The van der Waals surface area contributed by atoms with Gasteiger partial charge in [-0.25, -0.2) is 4.98 Å². The summed E-state index contributed by atoms with van der Waals surface area (Å²) in [6.07, 6.45) is 2.65. The number of aliphatic imine (C=N–C) groups is 1. The fourth-order valence-corrected chi connectivity index (χ4v) is 2.93. The first-order valence-corrected chi connectivity index (χ1v) is 8.77. The molecule has 0 fully saturated rings. The Balaban J connectivity index is 0.00000288. The molecule has 0 saturated carbocycles. The maximum Gasteiger partial charge on any atom is 0.191 e. The molecule has 2 rings (SSSR count). The van der Waals surface area contributed by atoms with Crippen molar-refractivity contribution in [2.24, 2.45) is 4.99 Å². The molecule has 0 spiro atoms. The first-order chi connectivity index (χ1) is 11.1. The van der Waals surface area contributed by atoms with E-state index in [4.69, 9.17) is 0 Å². The second kappa shape index (κ2) is 10.6. The average molecular weight is 463 g/mol. The number of aromatic nitrogens is 4. The van der Waals surface area contributed by atoms with E-state index in [1.807, 2.05) is 0 Å². The third-order valence-electron chi connectivity index (χ3n) is 3.38. The van der Waals surface area contributed by atoms with E-state index in [1.54, 1.807) is 24.7 Å². The first-order valence-electron chi connectivity index (χ1n) is 7.89. The smallest absolute Gasteiger partial charge is 0.191 e. The SMILES string of the molecule is CCc1nncn1CCNC(=NC)NCc1csc(C(C)C)n1.I. The summed E-state index contributed by atoms with van der Waals surface area (Å²) >= 11 is 1.71. The average Bonchev–Trinajstić information content (AvgIpc) is 3.19. The van der Waals surface area contributed by atoms with Crippen LogP contribution in [-0.4, -0.2) is 39.3 Å². The molecular formula is C15H26IN7S. The van der Waals surface area contributed by atoms with Crippen LogP contribution in [-0.2, 0) is 19.5 Å². The summed E-state index contributed by atoms with van der Waals surface area (Å²) in [6, 6.07) is 0. The Morgan fingerprint density at radius 3 is 2.79 bits per heavy atom. The second-order valence-corrected chi connectivity index (χ2v) is 6.37. The molecule has 2 aromatic rings. The van der Waals surface area contributed by atoms with Gasteiger partial charge in [0.15, 0.2) is 5.96 Å². The Hall–Kier alpha value is -1.23. The number of guanidine groups is 1. The molecule has 0 atom stereocenters. The predicted molar refractivity (Wildman–Crippen MR) is 109 cm³/mol. The highest BCUT2D eigenvalue weighted by Crippen LogP contribution is 2.18. The van der Waals surface area contributed by atoms with Crippen molar-refractivity contribution in [2.45, 2.75) is 46.2 Å². The molecule has 0 amide bonds. The minimum Gasteiger partial charge on any atom is -0.355 e. The van der Waals surface area contributed by atoms with Gasteiger partial charge in [0.2, 0.25) is 0 Å². The van der Waals surface area contributed by atoms with Crippen LogP contribution >= 0.6 is 35.3 Å². The van der Waals surface area contributed by atoms with Gasteiger partial charge in [-0.15, -0.1) is 45.5 Å². The van der Waals surface area contributed by atoms with E-state index in [2.05, 4.69) is 61.5 Å². The molecule has 2 aromatic heterocycles. The van der Waals surface area contributed by atoms with Crippen LogP contribution in [0.25, 0.3) is 0 Å².